The van der Waals surface area contributed by atoms with Crippen LogP contribution in [0, 0.1) is 0 Å². The van der Waals surface area contributed by atoms with Crippen LogP contribution in [0.3, 0.4) is 0 Å². The van der Waals surface area contributed by atoms with Gasteiger partial charge in [-0.05, 0) is 19.3 Å². The van der Waals surface area contributed by atoms with Crippen LogP contribution in [0.1, 0.15) is 123 Å². The summed E-state index contributed by atoms with van der Waals surface area (Å²) in [5.41, 5.74) is -2.16. The average molecular weight is 531 g/mol. The van der Waals surface area contributed by atoms with Gasteiger partial charge in [-0.2, -0.15) is 0 Å². The minimum absolute atomic E-state index is 0.0137. The first-order valence-electron chi connectivity index (χ1n) is 14.6. The van der Waals surface area contributed by atoms with E-state index in [1.54, 1.807) is 0 Å². The molecule has 9 nitrogen and oxygen atoms in total. The highest BCUT2D eigenvalue weighted by atomic mass is 16.8. The first kappa shape index (κ1) is 32.0. The van der Waals surface area contributed by atoms with Gasteiger partial charge in [-0.25, -0.2) is 4.79 Å². The lowest BCUT2D eigenvalue weighted by molar-refractivity contribution is -0.386. The number of carbonyl (C=O) groups is 2. The van der Waals surface area contributed by atoms with Gasteiger partial charge in [0, 0.05) is 12.8 Å². The quantitative estimate of drug-likeness (QED) is 0.156. The summed E-state index contributed by atoms with van der Waals surface area (Å²) in [5.74, 6) is -3.51. The number of ether oxygens (including phenoxy) is 4. The zero-order valence-corrected chi connectivity index (χ0v) is 23.0. The van der Waals surface area contributed by atoms with Crippen molar-refractivity contribution in [3.8, 4) is 0 Å². The molecule has 2 rings (SSSR count). The Morgan fingerprint density at radius 3 is 2.11 bits per heavy atom. The molecule has 0 aromatic rings. The Morgan fingerprint density at radius 2 is 1.54 bits per heavy atom. The van der Waals surface area contributed by atoms with Crippen LogP contribution in [-0.2, 0) is 28.5 Å². The summed E-state index contributed by atoms with van der Waals surface area (Å²) in [7, 11) is 0. The van der Waals surface area contributed by atoms with Crippen molar-refractivity contribution >= 4 is 11.9 Å². The third-order valence-electron chi connectivity index (χ3n) is 7.36. The Balaban J connectivity index is 1.64. The number of esters is 2. The number of hydrogen-bond donors (Lipinski definition) is 3. The van der Waals surface area contributed by atoms with Crippen molar-refractivity contribution in [1.82, 2.24) is 0 Å². The Labute approximate surface area is 222 Å². The van der Waals surface area contributed by atoms with Gasteiger partial charge in [-0.15, -0.1) is 0 Å². The SMILES string of the molecule is CCCCCCCCCCCCCCCC(=O)OC[C@@H](O)[C@H]1OC(=O)[C@]2(O)CCC(O)O[C@]12OCCC. The van der Waals surface area contributed by atoms with Crippen molar-refractivity contribution in [1.29, 1.82) is 0 Å². The number of rotatable bonds is 20. The van der Waals surface area contributed by atoms with E-state index in [0.717, 1.165) is 12.8 Å². The van der Waals surface area contributed by atoms with E-state index in [-0.39, 0.29) is 25.9 Å². The second-order valence-electron chi connectivity index (χ2n) is 10.6. The molecule has 2 saturated heterocycles. The number of hydrogen-bond acceptors (Lipinski definition) is 9. The fourth-order valence-corrected chi connectivity index (χ4v) is 5.15. The topological polar surface area (TPSA) is 132 Å². The largest absolute Gasteiger partial charge is 0.463 e. The number of aliphatic hydroxyl groups excluding tert-OH is 2. The summed E-state index contributed by atoms with van der Waals surface area (Å²) in [5, 5.41) is 31.7. The Morgan fingerprint density at radius 1 is 0.973 bits per heavy atom. The van der Waals surface area contributed by atoms with Crippen LogP contribution in [0.4, 0.5) is 0 Å². The summed E-state index contributed by atoms with van der Waals surface area (Å²) in [4.78, 5) is 24.7. The standard InChI is InChI=1S/C28H50O9/c1-3-5-6-7-8-9-10-11-12-13-14-15-16-17-23(30)34-21-22(29)25-28(35-20-4-2)27(33,26(32)36-25)19-18-24(31)37-28/h22,24-25,29,31,33H,3-21H2,1-2H3/t22-,24?,25-,27-,28-/m1/s1. The first-order valence-corrected chi connectivity index (χ1v) is 14.6. The summed E-state index contributed by atoms with van der Waals surface area (Å²) >= 11 is 0. The van der Waals surface area contributed by atoms with E-state index in [4.69, 9.17) is 18.9 Å². The van der Waals surface area contributed by atoms with Crippen LogP contribution in [-0.4, -0.2) is 70.4 Å². The van der Waals surface area contributed by atoms with Crippen molar-refractivity contribution in [3.63, 3.8) is 0 Å². The molecule has 0 aliphatic carbocycles. The summed E-state index contributed by atoms with van der Waals surface area (Å²) in [6.07, 6.45) is 12.2. The molecule has 37 heavy (non-hydrogen) atoms. The lowest BCUT2D eigenvalue weighted by Gasteiger charge is -2.45. The Bertz CT molecular complexity index is 672. The highest BCUT2D eigenvalue weighted by Crippen LogP contribution is 2.48. The van der Waals surface area contributed by atoms with Crippen LogP contribution in [0.15, 0.2) is 0 Å². The smallest absolute Gasteiger partial charge is 0.344 e. The number of aliphatic hydroxyl groups is 3. The highest BCUT2D eigenvalue weighted by Gasteiger charge is 2.74. The van der Waals surface area contributed by atoms with E-state index >= 15 is 0 Å². The molecule has 0 spiro atoms. The van der Waals surface area contributed by atoms with E-state index in [0.29, 0.717) is 12.8 Å². The second kappa shape index (κ2) is 16.6. The predicted octanol–water partition coefficient (Wildman–Crippen LogP) is 4.28. The molecule has 0 radical (unpaired) electrons. The maximum Gasteiger partial charge on any atom is 0.344 e. The van der Waals surface area contributed by atoms with Gasteiger partial charge in [0.15, 0.2) is 12.4 Å². The van der Waals surface area contributed by atoms with Crippen LogP contribution >= 0.6 is 0 Å². The maximum absolute atomic E-state index is 12.5. The normalized spacial score (nSPS) is 28.1. The molecule has 1 unspecified atom stereocenters. The molecule has 0 bridgehead atoms. The summed E-state index contributed by atoms with van der Waals surface area (Å²) in [6.45, 7) is 3.73. The Hall–Kier alpha value is -1.26. The zero-order valence-electron chi connectivity index (χ0n) is 23.0. The molecule has 2 aliphatic rings. The monoisotopic (exact) mass is 530 g/mol. The molecular weight excluding hydrogens is 480 g/mol. The zero-order chi connectivity index (χ0) is 27.2. The molecule has 216 valence electrons. The van der Waals surface area contributed by atoms with E-state index in [2.05, 4.69) is 6.92 Å². The van der Waals surface area contributed by atoms with Gasteiger partial charge in [0.25, 0.3) is 5.79 Å². The lowest BCUT2D eigenvalue weighted by Crippen LogP contribution is -2.67. The summed E-state index contributed by atoms with van der Waals surface area (Å²) in [6, 6.07) is 0. The molecule has 9 heteroatoms. The third-order valence-corrected chi connectivity index (χ3v) is 7.36. The average Bonchev–Trinajstić information content (AvgIpc) is 3.11. The first-order chi connectivity index (χ1) is 17.8. The summed E-state index contributed by atoms with van der Waals surface area (Å²) < 4.78 is 21.7. The molecule has 5 atom stereocenters. The fourth-order valence-electron chi connectivity index (χ4n) is 5.15. The van der Waals surface area contributed by atoms with Gasteiger partial charge in [0.1, 0.15) is 12.7 Å². The van der Waals surface area contributed by atoms with Crippen LogP contribution < -0.4 is 0 Å². The molecule has 3 N–H and O–H groups in total. The van der Waals surface area contributed by atoms with Crippen molar-refractivity contribution in [3.05, 3.63) is 0 Å². The van der Waals surface area contributed by atoms with Crippen LogP contribution in [0.25, 0.3) is 0 Å². The van der Waals surface area contributed by atoms with Gasteiger partial charge in [-0.3, -0.25) is 4.79 Å². The van der Waals surface area contributed by atoms with Crippen molar-refractivity contribution in [2.75, 3.05) is 13.2 Å². The van der Waals surface area contributed by atoms with Gasteiger partial charge >= 0.3 is 11.9 Å². The van der Waals surface area contributed by atoms with Crippen LogP contribution in [0.2, 0.25) is 0 Å². The van der Waals surface area contributed by atoms with E-state index in [1.807, 2.05) is 6.92 Å². The third kappa shape index (κ3) is 9.17. The highest BCUT2D eigenvalue weighted by molar-refractivity contribution is 5.84. The second-order valence-corrected chi connectivity index (χ2v) is 10.6. The van der Waals surface area contributed by atoms with Crippen molar-refractivity contribution in [2.45, 2.75) is 153 Å². The number of carbonyl (C=O) groups excluding carboxylic acids is 2. The lowest BCUT2D eigenvalue weighted by atomic mass is 9.83. The molecule has 2 heterocycles. The number of cyclic esters (lactones) is 1. The molecule has 0 aromatic carbocycles. The molecule has 0 saturated carbocycles. The van der Waals surface area contributed by atoms with Gasteiger partial charge in [0.2, 0.25) is 5.60 Å². The Kier molecular flexibility index (Phi) is 14.4. The van der Waals surface area contributed by atoms with E-state index < -0.39 is 48.4 Å². The molecule has 2 aliphatic heterocycles. The van der Waals surface area contributed by atoms with Crippen molar-refractivity contribution in [2.24, 2.45) is 0 Å². The van der Waals surface area contributed by atoms with E-state index in [9.17, 15) is 24.9 Å². The maximum atomic E-state index is 12.5. The minimum atomic E-state index is -2.16. The molecule has 0 aromatic heterocycles. The van der Waals surface area contributed by atoms with Gasteiger partial charge in [-0.1, -0.05) is 90.9 Å². The molecule has 0 amide bonds. The number of unbranched alkanes of at least 4 members (excludes halogenated alkanes) is 12. The van der Waals surface area contributed by atoms with E-state index in [1.165, 1.54) is 64.2 Å². The molecular formula is C28H50O9. The van der Waals surface area contributed by atoms with Crippen LogP contribution in [0.5, 0.6) is 0 Å². The van der Waals surface area contributed by atoms with Gasteiger partial charge in [0.05, 0.1) is 6.61 Å². The van der Waals surface area contributed by atoms with Gasteiger partial charge < -0.3 is 34.3 Å². The van der Waals surface area contributed by atoms with Crippen molar-refractivity contribution < 1.29 is 43.9 Å². The fraction of sp³-hybridized carbons (Fsp3) is 0.929. The molecule has 2 fully saturated rings. The number of fused-ring (bicyclic) bond motifs is 1. The predicted molar refractivity (Wildman–Crippen MR) is 137 cm³/mol. The minimum Gasteiger partial charge on any atom is -0.463 e.